The molecule has 3 rings (SSSR count). The Hall–Kier alpha value is -1.40. The second-order valence-electron chi connectivity index (χ2n) is 5.68. The Labute approximate surface area is 178 Å². The van der Waals surface area contributed by atoms with Gasteiger partial charge < -0.3 is 0 Å². The van der Waals surface area contributed by atoms with Gasteiger partial charge in [0.25, 0.3) is 0 Å². The molecule has 2 aromatic carbocycles. The van der Waals surface area contributed by atoms with Crippen LogP contribution >= 0.6 is 47.1 Å². The largest absolute Gasteiger partial charge is 0.289 e. The van der Waals surface area contributed by atoms with Crippen molar-refractivity contribution in [3.05, 3.63) is 77.4 Å². The highest BCUT2D eigenvalue weighted by molar-refractivity contribution is 8.23. The van der Waals surface area contributed by atoms with Crippen molar-refractivity contribution in [2.24, 2.45) is 0 Å². The highest BCUT2D eigenvalue weighted by Crippen LogP contribution is 2.44. The molecule has 0 atom stereocenters. The zero-order chi connectivity index (χ0) is 19.2. The average molecular weight is 429 g/mol. The van der Waals surface area contributed by atoms with Crippen molar-refractivity contribution in [2.75, 3.05) is 11.5 Å². The lowest BCUT2D eigenvalue weighted by Crippen LogP contribution is -2.07. The van der Waals surface area contributed by atoms with E-state index in [1.807, 2.05) is 48.5 Å². The second-order valence-corrected chi connectivity index (χ2v) is 10.2. The number of carbonyl (C=O) groups excluding carboxylic acids is 1. The molecule has 138 valence electrons. The van der Waals surface area contributed by atoms with Gasteiger partial charge in [-0.1, -0.05) is 86.7 Å². The number of ketones is 1. The molecule has 0 saturated carbocycles. The summed E-state index contributed by atoms with van der Waals surface area (Å²) >= 11 is 10.8. The third-order valence-corrected chi connectivity index (χ3v) is 7.63. The molecule has 0 spiro atoms. The minimum absolute atomic E-state index is 0.0547. The number of thiophene rings is 1. The van der Waals surface area contributed by atoms with E-state index in [-0.39, 0.29) is 5.78 Å². The topological polar surface area (TPSA) is 17.1 Å². The van der Waals surface area contributed by atoms with Gasteiger partial charge in [0.2, 0.25) is 0 Å². The summed E-state index contributed by atoms with van der Waals surface area (Å²) in [6.45, 7) is 4.20. The highest BCUT2D eigenvalue weighted by atomic mass is 32.2. The monoisotopic (exact) mass is 428 g/mol. The van der Waals surface area contributed by atoms with E-state index in [4.69, 9.17) is 12.2 Å². The number of thiocarbonyl (C=S) groups is 1. The SMILES string of the molecule is CCSC(=S)c1c(-c2ccccc2)sc(SCC)c1C(=O)c1ccccc1. The predicted molar refractivity (Wildman–Crippen MR) is 126 cm³/mol. The lowest BCUT2D eigenvalue weighted by Gasteiger charge is -2.09. The van der Waals surface area contributed by atoms with E-state index in [2.05, 4.69) is 26.0 Å². The van der Waals surface area contributed by atoms with Gasteiger partial charge in [-0.25, -0.2) is 0 Å². The zero-order valence-corrected chi connectivity index (χ0v) is 18.5. The maximum absolute atomic E-state index is 13.4. The van der Waals surface area contributed by atoms with Crippen LogP contribution in [-0.4, -0.2) is 21.5 Å². The van der Waals surface area contributed by atoms with Gasteiger partial charge in [-0.15, -0.1) is 34.9 Å². The van der Waals surface area contributed by atoms with Crippen LogP contribution in [0.2, 0.25) is 0 Å². The standard InChI is InChI=1S/C22H20OS4/c1-3-25-21(24)18-17(19(23)15-11-7-5-8-12-15)22(26-4-2)27-20(18)16-13-9-6-10-14-16/h5-14H,3-4H2,1-2H3. The molecule has 0 saturated heterocycles. The van der Waals surface area contributed by atoms with Gasteiger partial charge in [0.1, 0.15) is 0 Å². The molecule has 0 fully saturated rings. The van der Waals surface area contributed by atoms with Crippen LogP contribution in [-0.2, 0) is 0 Å². The molecule has 1 nitrogen and oxygen atoms in total. The van der Waals surface area contributed by atoms with Crippen LogP contribution in [0, 0.1) is 0 Å². The molecule has 0 N–H and O–H groups in total. The van der Waals surface area contributed by atoms with E-state index < -0.39 is 0 Å². The minimum Gasteiger partial charge on any atom is -0.289 e. The fraction of sp³-hybridized carbons (Fsp3) is 0.182. The van der Waals surface area contributed by atoms with Gasteiger partial charge >= 0.3 is 0 Å². The molecule has 27 heavy (non-hydrogen) atoms. The van der Waals surface area contributed by atoms with E-state index in [1.165, 1.54) is 0 Å². The van der Waals surface area contributed by atoms with Crippen molar-refractivity contribution in [3.63, 3.8) is 0 Å². The molecule has 0 bridgehead atoms. The van der Waals surface area contributed by atoms with Crippen molar-refractivity contribution in [2.45, 2.75) is 18.1 Å². The van der Waals surface area contributed by atoms with Crippen molar-refractivity contribution >= 4 is 57.1 Å². The van der Waals surface area contributed by atoms with Crippen LogP contribution in [0.25, 0.3) is 10.4 Å². The Morgan fingerprint density at radius 3 is 2.15 bits per heavy atom. The molecule has 5 heteroatoms. The summed E-state index contributed by atoms with van der Waals surface area (Å²) < 4.78 is 1.86. The first-order chi connectivity index (χ1) is 13.2. The summed E-state index contributed by atoms with van der Waals surface area (Å²) in [5, 5.41) is 0. The van der Waals surface area contributed by atoms with E-state index in [1.54, 1.807) is 34.9 Å². The van der Waals surface area contributed by atoms with Crippen molar-refractivity contribution in [1.82, 2.24) is 0 Å². The highest BCUT2D eigenvalue weighted by Gasteiger charge is 2.27. The van der Waals surface area contributed by atoms with Crippen LogP contribution in [0.3, 0.4) is 0 Å². The first-order valence-electron chi connectivity index (χ1n) is 8.79. The van der Waals surface area contributed by atoms with Gasteiger partial charge in [0.15, 0.2) is 5.78 Å². The molecule has 0 unspecified atom stereocenters. The molecule has 1 heterocycles. The van der Waals surface area contributed by atoms with Crippen molar-refractivity contribution in [3.8, 4) is 10.4 Å². The Kier molecular flexibility index (Phi) is 7.30. The number of thioether (sulfide) groups is 2. The lowest BCUT2D eigenvalue weighted by atomic mass is 10.00. The summed E-state index contributed by atoms with van der Waals surface area (Å²) in [4.78, 5) is 14.5. The molecule has 0 aliphatic heterocycles. The predicted octanol–water partition coefficient (Wildman–Crippen LogP) is 7.19. The maximum Gasteiger partial charge on any atom is 0.195 e. The molecule has 0 aliphatic carbocycles. The number of rotatable bonds is 7. The summed E-state index contributed by atoms with van der Waals surface area (Å²) in [5.41, 5.74) is 3.51. The minimum atomic E-state index is 0.0547. The molecule has 0 amide bonds. The van der Waals surface area contributed by atoms with Crippen molar-refractivity contribution < 1.29 is 4.79 Å². The summed E-state index contributed by atoms with van der Waals surface area (Å²) in [7, 11) is 0. The zero-order valence-electron chi connectivity index (χ0n) is 15.2. The van der Waals surface area contributed by atoms with Gasteiger partial charge in [0.05, 0.1) is 14.0 Å². The normalized spacial score (nSPS) is 10.7. The van der Waals surface area contributed by atoms with Crippen molar-refractivity contribution in [1.29, 1.82) is 0 Å². The summed E-state index contributed by atoms with van der Waals surface area (Å²) in [5.74, 6) is 1.86. The number of hydrogen-bond donors (Lipinski definition) is 0. The summed E-state index contributed by atoms with van der Waals surface area (Å²) in [6.07, 6.45) is 0. The molecule has 3 aromatic rings. The number of hydrogen-bond acceptors (Lipinski definition) is 5. The van der Waals surface area contributed by atoms with E-state index in [9.17, 15) is 4.79 Å². The van der Waals surface area contributed by atoms with Gasteiger partial charge in [0, 0.05) is 16.0 Å². The van der Waals surface area contributed by atoms with Crippen LogP contribution in [0.15, 0.2) is 64.9 Å². The fourth-order valence-electron chi connectivity index (χ4n) is 2.77. The quantitative estimate of drug-likeness (QED) is 0.225. The Bertz CT molecular complexity index is 930. The Morgan fingerprint density at radius 2 is 1.56 bits per heavy atom. The van der Waals surface area contributed by atoms with E-state index in [0.717, 1.165) is 41.5 Å². The fourth-order valence-corrected chi connectivity index (χ4v) is 6.55. The van der Waals surface area contributed by atoms with Crippen LogP contribution in [0.5, 0.6) is 0 Å². The molecular weight excluding hydrogens is 409 g/mol. The molecule has 0 aliphatic rings. The van der Waals surface area contributed by atoms with Crippen LogP contribution in [0.1, 0.15) is 35.3 Å². The first-order valence-corrected chi connectivity index (χ1v) is 12.0. The average Bonchev–Trinajstić information content (AvgIpc) is 3.08. The molecule has 0 radical (unpaired) electrons. The second kappa shape index (κ2) is 9.69. The number of carbonyl (C=O) groups is 1. The van der Waals surface area contributed by atoms with Gasteiger partial charge in [-0.05, 0) is 17.1 Å². The van der Waals surface area contributed by atoms with E-state index in [0.29, 0.717) is 5.56 Å². The summed E-state index contributed by atoms with van der Waals surface area (Å²) in [6, 6.07) is 19.7. The molecular formula is C22H20OS4. The van der Waals surface area contributed by atoms with Gasteiger partial charge in [-0.2, -0.15) is 0 Å². The maximum atomic E-state index is 13.4. The first kappa shape index (κ1) is 20.3. The third kappa shape index (κ3) is 4.54. The van der Waals surface area contributed by atoms with Crippen LogP contribution < -0.4 is 0 Å². The van der Waals surface area contributed by atoms with E-state index >= 15 is 0 Å². The van der Waals surface area contributed by atoms with Crippen LogP contribution in [0.4, 0.5) is 0 Å². The Balaban J connectivity index is 2.24. The lowest BCUT2D eigenvalue weighted by molar-refractivity contribution is 0.103. The smallest absolute Gasteiger partial charge is 0.195 e. The van der Waals surface area contributed by atoms with Gasteiger partial charge in [-0.3, -0.25) is 4.79 Å². The number of benzene rings is 2. The third-order valence-electron chi connectivity index (χ3n) is 3.93. The Morgan fingerprint density at radius 1 is 0.926 bits per heavy atom. The molecule has 1 aromatic heterocycles.